The first-order chi connectivity index (χ1) is 6.77. The zero-order valence-corrected chi connectivity index (χ0v) is 9.55. The van der Waals surface area contributed by atoms with Gasteiger partial charge >= 0.3 is 0 Å². The normalized spacial score (nSPS) is 22.2. The van der Waals surface area contributed by atoms with Gasteiger partial charge in [0.05, 0.1) is 0 Å². The number of hydrogen-bond donors (Lipinski definition) is 2. The van der Waals surface area contributed by atoms with Crippen molar-refractivity contribution in [2.45, 2.75) is 25.3 Å². The van der Waals surface area contributed by atoms with E-state index in [1.54, 1.807) is 6.07 Å². The van der Waals surface area contributed by atoms with E-state index in [0.717, 1.165) is 23.0 Å². The van der Waals surface area contributed by atoms with Crippen LogP contribution in [-0.2, 0) is 0 Å². The van der Waals surface area contributed by atoms with E-state index in [1.165, 1.54) is 12.8 Å². The summed E-state index contributed by atoms with van der Waals surface area (Å²) in [4.78, 5) is 0. The van der Waals surface area contributed by atoms with Gasteiger partial charge in [-0.2, -0.15) is 0 Å². The average molecular weight is 256 g/mol. The summed E-state index contributed by atoms with van der Waals surface area (Å²) in [6.07, 6.45) is 3.60. The summed E-state index contributed by atoms with van der Waals surface area (Å²) in [5, 5.41) is 13.1. The fraction of sp³-hybridized carbons (Fsp3) is 0.455. The molecule has 0 saturated carbocycles. The van der Waals surface area contributed by atoms with Crippen LogP contribution in [0.2, 0.25) is 0 Å². The van der Waals surface area contributed by atoms with Crippen molar-refractivity contribution in [2.24, 2.45) is 0 Å². The second kappa shape index (κ2) is 4.32. The second-order valence-electron chi connectivity index (χ2n) is 3.71. The third kappa shape index (κ3) is 2.10. The molecule has 0 bridgehead atoms. The monoisotopic (exact) mass is 255 g/mol. The van der Waals surface area contributed by atoms with Crippen LogP contribution in [0, 0.1) is 0 Å². The van der Waals surface area contributed by atoms with Crippen LogP contribution in [0.25, 0.3) is 0 Å². The van der Waals surface area contributed by atoms with Crippen LogP contribution in [0.4, 0.5) is 0 Å². The standard InChI is InChI=1S/C11H14BrNO/c12-8-4-5-11(14)9(7-8)10-3-1-2-6-13-10/h4-5,7,10,13-14H,1-3,6H2/t10-/m0/s1. The summed E-state index contributed by atoms with van der Waals surface area (Å²) in [5.41, 5.74) is 1.01. The SMILES string of the molecule is Oc1ccc(Br)cc1[C@@H]1CCCCN1. The van der Waals surface area contributed by atoms with E-state index < -0.39 is 0 Å². The molecule has 1 aliphatic rings. The Morgan fingerprint density at radius 2 is 2.21 bits per heavy atom. The number of rotatable bonds is 1. The molecule has 1 atom stereocenters. The molecule has 14 heavy (non-hydrogen) atoms. The Bertz CT molecular complexity index is 321. The fourth-order valence-electron chi connectivity index (χ4n) is 1.92. The molecule has 0 aliphatic carbocycles. The molecule has 76 valence electrons. The minimum Gasteiger partial charge on any atom is -0.508 e. The van der Waals surface area contributed by atoms with Crippen LogP contribution < -0.4 is 5.32 Å². The van der Waals surface area contributed by atoms with Crippen molar-refractivity contribution in [1.29, 1.82) is 0 Å². The van der Waals surface area contributed by atoms with Crippen molar-refractivity contribution in [2.75, 3.05) is 6.54 Å². The number of aromatic hydroxyl groups is 1. The molecule has 2 nitrogen and oxygen atoms in total. The van der Waals surface area contributed by atoms with Crippen molar-refractivity contribution in [3.8, 4) is 5.75 Å². The summed E-state index contributed by atoms with van der Waals surface area (Å²) in [5.74, 6) is 0.396. The highest BCUT2D eigenvalue weighted by Gasteiger charge is 2.17. The van der Waals surface area contributed by atoms with Crippen molar-refractivity contribution < 1.29 is 5.11 Å². The second-order valence-corrected chi connectivity index (χ2v) is 4.62. The first-order valence-electron chi connectivity index (χ1n) is 4.99. The van der Waals surface area contributed by atoms with Gasteiger partial charge in [0.1, 0.15) is 5.75 Å². The molecule has 0 unspecified atom stereocenters. The zero-order chi connectivity index (χ0) is 9.97. The maximum Gasteiger partial charge on any atom is 0.120 e. The Labute approximate surface area is 92.5 Å². The van der Waals surface area contributed by atoms with Crippen LogP contribution in [-0.4, -0.2) is 11.7 Å². The highest BCUT2D eigenvalue weighted by Crippen LogP contribution is 2.31. The van der Waals surface area contributed by atoms with Crippen LogP contribution in [0.3, 0.4) is 0 Å². The molecule has 1 aromatic rings. The van der Waals surface area contributed by atoms with Gasteiger partial charge in [0, 0.05) is 16.1 Å². The van der Waals surface area contributed by atoms with Gasteiger partial charge in [-0.25, -0.2) is 0 Å². The van der Waals surface area contributed by atoms with Gasteiger partial charge in [-0.3, -0.25) is 0 Å². The zero-order valence-electron chi connectivity index (χ0n) is 7.96. The van der Waals surface area contributed by atoms with Gasteiger partial charge in [0.25, 0.3) is 0 Å². The van der Waals surface area contributed by atoms with E-state index >= 15 is 0 Å². The van der Waals surface area contributed by atoms with E-state index in [0.29, 0.717) is 11.8 Å². The molecule has 1 aliphatic heterocycles. The lowest BCUT2D eigenvalue weighted by molar-refractivity contribution is 0.391. The fourth-order valence-corrected chi connectivity index (χ4v) is 2.30. The van der Waals surface area contributed by atoms with Crippen LogP contribution in [0.5, 0.6) is 5.75 Å². The number of benzene rings is 1. The summed E-state index contributed by atoms with van der Waals surface area (Å²) < 4.78 is 1.03. The molecule has 0 spiro atoms. The van der Waals surface area contributed by atoms with Gasteiger partial charge in [0.15, 0.2) is 0 Å². The first-order valence-corrected chi connectivity index (χ1v) is 5.78. The third-order valence-corrected chi connectivity index (χ3v) is 3.17. The van der Waals surface area contributed by atoms with E-state index in [1.807, 2.05) is 12.1 Å². The van der Waals surface area contributed by atoms with E-state index in [9.17, 15) is 5.11 Å². The number of phenols is 1. The Morgan fingerprint density at radius 3 is 2.93 bits per heavy atom. The summed E-state index contributed by atoms with van der Waals surface area (Å²) in [7, 11) is 0. The van der Waals surface area contributed by atoms with Crippen molar-refractivity contribution >= 4 is 15.9 Å². The lowest BCUT2D eigenvalue weighted by Gasteiger charge is -2.24. The molecule has 1 fully saturated rings. The molecule has 0 amide bonds. The van der Waals surface area contributed by atoms with Gasteiger partial charge in [0.2, 0.25) is 0 Å². The topological polar surface area (TPSA) is 32.3 Å². The minimum atomic E-state index is 0.321. The highest BCUT2D eigenvalue weighted by atomic mass is 79.9. The molecule has 0 aromatic heterocycles. The smallest absolute Gasteiger partial charge is 0.120 e. The number of piperidine rings is 1. The van der Waals surface area contributed by atoms with E-state index in [-0.39, 0.29) is 0 Å². The Morgan fingerprint density at radius 1 is 1.36 bits per heavy atom. The Hall–Kier alpha value is -0.540. The summed E-state index contributed by atoms with van der Waals surface area (Å²) in [6.45, 7) is 1.05. The molecule has 1 aromatic carbocycles. The van der Waals surface area contributed by atoms with E-state index in [4.69, 9.17) is 0 Å². The van der Waals surface area contributed by atoms with Gasteiger partial charge in [-0.05, 0) is 37.6 Å². The number of phenolic OH excluding ortho intramolecular Hbond substituents is 1. The van der Waals surface area contributed by atoms with Crippen LogP contribution >= 0.6 is 15.9 Å². The average Bonchev–Trinajstić information content (AvgIpc) is 2.23. The minimum absolute atomic E-state index is 0.321. The maximum atomic E-state index is 9.73. The Balaban J connectivity index is 2.24. The predicted molar refractivity (Wildman–Crippen MR) is 60.4 cm³/mol. The molecule has 3 heteroatoms. The predicted octanol–water partition coefficient (Wildman–Crippen LogP) is 2.97. The molecule has 1 saturated heterocycles. The van der Waals surface area contributed by atoms with Crippen LogP contribution in [0.1, 0.15) is 30.9 Å². The third-order valence-electron chi connectivity index (χ3n) is 2.68. The van der Waals surface area contributed by atoms with Gasteiger partial charge < -0.3 is 10.4 Å². The Kier molecular flexibility index (Phi) is 3.08. The molecule has 0 radical (unpaired) electrons. The van der Waals surface area contributed by atoms with E-state index in [2.05, 4.69) is 21.2 Å². The van der Waals surface area contributed by atoms with Crippen LogP contribution in [0.15, 0.2) is 22.7 Å². The number of hydrogen-bond acceptors (Lipinski definition) is 2. The molecule has 1 heterocycles. The molecular weight excluding hydrogens is 242 g/mol. The highest BCUT2D eigenvalue weighted by molar-refractivity contribution is 9.10. The molecular formula is C11H14BrNO. The lowest BCUT2D eigenvalue weighted by Crippen LogP contribution is -2.26. The molecule has 2 rings (SSSR count). The summed E-state index contributed by atoms with van der Waals surface area (Å²) >= 11 is 3.42. The van der Waals surface area contributed by atoms with Crippen molar-refractivity contribution in [1.82, 2.24) is 5.32 Å². The largest absolute Gasteiger partial charge is 0.508 e. The summed E-state index contributed by atoms with van der Waals surface area (Å²) in [6, 6.07) is 5.93. The maximum absolute atomic E-state index is 9.73. The number of halogens is 1. The van der Waals surface area contributed by atoms with Crippen molar-refractivity contribution in [3.63, 3.8) is 0 Å². The van der Waals surface area contributed by atoms with Crippen molar-refractivity contribution in [3.05, 3.63) is 28.2 Å². The molecule has 2 N–H and O–H groups in total. The lowest BCUT2D eigenvalue weighted by atomic mass is 9.97. The van der Waals surface area contributed by atoms with Gasteiger partial charge in [-0.1, -0.05) is 22.4 Å². The number of nitrogens with one attached hydrogen (secondary N) is 1. The quantitative estimate of drug-likeness (QED) is 0.809. The first kappa shape index (κ1) is 9.99. The van der Waals surface area contributed by atoms with Gasteiger partial charge in [-0.15, -0.1) is 0 Å².